The highest BCUT2D eigenvalue weighted by atomic mass is 19.1. The number of hydrogen-bond acceptors (Lipinski definition) is 8. The monoisotopic (exact) mass is 507 g/mol. The largest absolute Gasteiger partial charge is 0.504 e. The Balaban J connectivity index is 1.35. The summed E-state index contributed by atoms with van der Waals surface area (Å²) < 4.78 is 22.6. The van der Waals surface area contributed by atoms with E-state index in [-0.39, 0.29) is 34.7 Å². The normalized spacial score (nSPS) is 22.6. The number of carboxylic acid groups (broad SMARTS) is 1. The zero-order valence-corrected chi connectivity index (χ0v) is 20.0. The molecule has 10 nitrogen and oxygen atoms in total. The van der Waals surface area contributed by atoms with Gasteiger partial charge < -0.3 is 29.5 Å². The van der Waals surface area contributed by atoms with Crippen LogP contribution in [0.2, 0.25) is 0 Å². The molecular formula is C26H26FN5O5. The number of nitriles is 1. The first-order valence-corrected chi connectivity index (χ1v) is 12.2. The molecule has 0 spiro atoms. The van der Waals surface area contributed by atoms with Crippen molar-refractivity contribution in [3.63, 3.8) is 0 Å². The molecule has 2 saturated heterocycles. The zero-order valence-electron chi connectivity index (χ0n) is 20.0. The number of benzene rings is 2. The van der Waals surface area contributed by atoms with Crippen molar-refractivity contribution in [2.24, 2.45) is 5.41 Å². The second-order valence-corrected chi connectivity index (χ2v) is 10.1. The van der Waals surface area contributed by atoms with Gasteiger partial charge in [0, 0.05) is 19.6 Å². The second kappa shape index (κ2) is 8.61. The number of para-hydroxylation sites is 1. The van der Waals surface area contributed by atoms with Gasteiger partial charge in [-0.3, -0.25) is 4.90 Å². The van der Waals surface area contributed by atoms with Crippen molar-refractivity contribution in [1.29, 1.82) is 5.26 Å². The Morgan fingerprint density at radius 3 is 2.73 bits per heavy atom. The van der Waals surface area contributed by atoms with E-state index >= 15 is 0 Å². The molecule has 11 heteroatoms. The topological polar surface area (TPSA) is 135 Å². The molecular weight excluding hydrogens is 481 g/mol. The van der Waals surface area contributed by atoms with E-state index in [0.29, 0.717) is 56.4 Å². The first-order valence-electron chi connectivity index (χ1n) is 12.2. The van der Waals surface area contributed by atoms with Crippen LogP contribution in [-0.4, -0.2) is 74.1 Å². The first-order chi connectivity index (χ1) is 17.8. The third kappa shape index (κ3) is 3.93. The Morgan fingerprint density at radius 2 is 2.00 bits per heavy atom. The molecule has 3 heterocycles. The van der Waals surface area contributed by atoms with Crippen LogP contribution >= 0.6 is 0 Å². The Bertz CT molecular complexity index is 1450. The van der Waals surface area contributed by atoms with Gasteiger partial charge >= 0.3 is 5.97 Å². The van der Waals surface area contributed by atoms with Crippen LogP contribution < -0.4 is 4.90 Å². The summed E-state index contributed by atoms with van der Waals surface area (Å²) in [4.78, 5) is 20.4. The van der Waals surface area contributed by atoms with Crippen LogP contribution in [0.4, 0.5) is 10.1 Å². The molecule has 37 heavy (non-hydrogen) atoms. The molecule has 1 saturated carbocycles. The third-order valence-electron chi connectivity index (χ3n) is 7.85. The lowest BCUT2D eigenvalue weighted by molar-refractivity contribution is 0.0696. The summed E-state index contributed by atoms with van der Waals surface area (Å²) in [6.07, 6.45) is 1.46. The Hall–Kier alpha value is -3.88. The van der Waals surface area contributed by atoms with Gasteiger partial charge in [0.2, 0.25) is 0 Å². The quantitative estimate of drug-likeness (QED) is 0.430. The van der Waals surface area contributed by atoms with Crippen molar-refractivity contribution in [3.8, 4) is 17.6 Å². The molecule has 2 atom stereocenters. The van der Waals surface area contributed by atoms with Crippen LogP contribution in [0.5, 0.6) is 11.5 Å². The van der Waals surface area contributed by atoms with Gasteiger partial charge in [0.25, 0.3) is 0 Å². The number of rotatable bonds is 6. The smallest absolute Gasteiger partial charge is 0.335 e. The van der Waals surface area contributed by atoms with E-state index < -0.39 is 17.2 Å². The van der Waals surface area contributed by atoms with Crippen molar-refractivity contribution >= 4 is 22.7 Å². The average Bonchev–Trinajstić information content (AvgIpc) is 3.32. The Labute approximate surface area is 211 Å². The number of nitrogens with zero attached hydrogens (tertiary/aromatic N) is 5. The molecule has 6 rings (SSSR count). The van der Waals surface area contributed by atoms with Gasteiger partial charge in [-0.2, -0.15) is 5.26 Å². The number of phenols is 2. The number of phenolic OH excluding ortho intramolecular Hbond substituents is 2. The molecule has 2 unspecified atom stereocenters. The Morgan fingerprint density at radius 1 is 1.22 bits per heavy atom. The Kier molecular flexibility index (Phi) is 5.47. The number of hydrogen-bond donors (Lipinski definition) is 3. The molecule has 192 valence electrons. The molecule has 0 bridgehead atoms. The summed E-state index contributed by atoms with van der Waals surface area (Å²) in [7, 11) is 0. The molecule has 3 N–H and O–H groups in total. The molecule has 3 fully saturated rings. The second-order valence-electron chi connectivity index (χ2n) is 10.1. The van der Waals surface area contributed by atoms with Crippen LogP contribution in [0, 0.1) is 22.6 Å². The van der Waals surface area contributed by atoms with Crippen molar-refractivity contribution in [2.45, 2.75) is 38.0 Å². The number of halogens is 1. The zero-order chi connectivity index (χ0) is 25.9. The minimum atomic E-state index is -1.23. The van der Waals surface area contributed by atoms with E-state index in [1.54, 1.807) is 16.7 Å². The molecule has 3 aromatic rings. The molecule has 0 amide bonds. The number of aromatic carboxylic acids is 1. The highest BCUT2D eigenvalue weighted by Crippen LogP contribution is 2.47. The fraction of sp³-hybridized carbons (Fsp3) is 0.423. The van der Waals surface area contributed by atoms with E-state index in [1.165, 1.54) is 12.1 Å². The lowest BCUT2D eigenvalue weighted by Crippen LogP contribution is -2.59. The fourth-order valence-corrected chi connectivity index (χ4v) is 5.58. The van der Waals surface area contributed by atoms with E-state index in [4.69, 9.17) is 4.74 Å². The predicted molar refractivity (Wildman–Crippen MR) is 130 cm³/mol. The summed E-state index contributed by atoms with van der Waals surface area (Å²) in [6, 6.07) is 9.53. The van der Waals surface area contributed by atoms with E-state index in [9.17, 15) is 29.8 Å². The SMILES string of the molecule is N#CC1(Cn2c(CN3CCN(c4cccc(O)c4O)C4COCC43)nc3c(F)cc(C(=O)O)cc32)CC1. The van der Waals surface area contributed by atoms with Gasteiger partial charge in [0.15, 0.2) is 17.3 Å². The molecule has 3 aliphatic rings. The number of aromatic hydroxyl groups is 2. The van der Waals surface area contributed by atoms with Crippen molar-refractivity contribution in [2.75, 3.05) is 31.2 Å². The first kappa shape index (κ1) is 23.5. The van der Waals surface area contributed by atoms with Gasteiger partial charge in [-0.15, -0.1) is 0 Å². The number of carbonyl (C=O) groups is 1. The highest BCUT2D eigenvalue weighted by molar-refractivity contribution is 5.92. The van der Waals surface area contributed by atoms with E-state index in [0.717, 1.165) is 18.9 Å². The number of fused-ring (bicyclic) bond motifs is 2. The minimum Gasteiger partial charge on any atom is -0.504 e. The molecule has 1 aromatic heterocycles. The molecule has 1 aliphatic carbocycles. The van der Waals surface area contributed by atoms with Crippen LogP contribution in [0.15, 0.2) is 30.3 Å². The summed E-state index contributed by atoms with van der Waals surface area (Å²) in [5, 5.41) is 39.6. The van der Waals surface area contributed by atoms with Crippen LogP contribution in [0.25, 0.3) is 11.0 Å². The van der Waals surface area contributed by atoms with Crippen molar-refractivity contribution < 1.29 is 29.2 Å². The van der Waals surface area contributed by atoms with Gasteiger partial charge in [-0.25, -0.2) is 14.2 Å². The third-order valence-corrected chi connectivity index (χ3v) is 7.85. The number of anilines is 1. The average molecular weight is 508 g/mol. The number of carboxylic acids is 1. The van der Waals surface area contributed by atoms with Crippen molar-refractivity contribution in [3.05, 3.63) is 47.5 Å². The van der Waals surface area contributed by atoms with Crippen LogP contribution in [-0.2, 0) is 17.8 Å². The number of piperazine rings is 1. The maximum absolute atomic E-state index is 14.9. The number of aromatic nitrogens is 2. The van der Waals surface area contributed by atoms with Gasteiger partial charge in [-0.1, -0.05) is 6.07 Å². The standard InChI is InChI=1S/C26H26FN5O5/c27-16-8-15(25(35)36)9-18-23(16)29-22(32(18)14-26(13-28)4-5-26)10-30-6-7-31(20-12-37-11-19(20)30)17-2-1-3-21(33)24(17)34/h1-3,8-9,19-20,33-34H,4-7,10-12,14H2,(H,35,36). The molecule has 0 radical (unpaired) electrons. The summed E-state index contributed by atoms with van der Waals surface area (Å²) in [5.74, 6) is -1.72. The summed E-state index contributed by atoms with van der Waals surface area (Å²) in [6.45, 7) is 2.74. The van der Waals surface area contributed by atoms with E-state index in [1.807, 2.05) is 4.90 Å². The maximum atomic E-state index is 14.9. The summed E-state index contributed by atoms with van der Waals surface area (Å²) >= 11 is 0. The highest BCUT2D eigenvalue weighted by Gasteiger charge is 2.45. The number of ether oxygens (including phenoxy) is 1. The lowest BCUT2D eigenvalue weighted by Gasteiger charge is -2.44. The minimum absolute atomic E-state index is 0.0472. The van der Waals surface area contributed by atoms with E-state index in [2.05, 4.69) is 16.0 Å². The maximum Gasteiger partial charge on any atom is 0.335 e. The van der Waals surface area contributed by atoms with Gasteiger partial charge in [0.1, 0.15) is 11.3 Å². The van der Waals surface area contributed by atoms with Gasteiger partial charge in [0.05, 0.1) is 60.1 Å². The van der Waals surface area contributed by atoms with Gasteiger partial charge in [-0.05, 0) is 37.1 Å². The fourth-order valence-electron chi connectivity index (χ4n) is 5.58. The molecule has 2 aromatic carbocycles. The lowest BCUT2D eigenvalue weighted by atomic mass is 10.0. The van der Waals surface area contributed by atoms with Crippen LogP contribution in [0.1, 0.15) is 29.0 Å². The predicted octanol–water partition coefficient (Wildman–Crippen LogP) is 2.68. The van der Waals surface area contributed by atoms with Crippen LogP contribution in [0.3, 0.4) is 0 Å². The number of imidazole rings is 1. The van der Waals surface area contributed by atoms with Crippen molar-refractivity contribution in [1.82, 2.24) is 14.5 Å². The summed E-state index contributed by atoms with van der Waals surface area (Å²) in [5.41, 5.74) is 0.291. The molecule has 2 aliphatic heterocycles.